The average Bonchev–Trinajstić information content (AvgIpc) is 3.32. The number of hydrogen-bond acceptors (Lipinski definition) is 3. The first-order valence-corrected chi connectivity index (χ1v) is 9.39. The van der Waals surface area contributed by atoms with Crippen LogP contribution in [0.25, 0.3) is 0 Å². The monoisotopic (exact) mass is 332 g/mol. The van der Waals surface area contributed by atoms with Crippen molar-refractivity contribution in [3.63, 3.8) is 0 Å². The molecule has 3 fully saturated rings. The van der Waals surface area contributed by atoms with Crippen LogP contribution in [-0.2, 0) is 16.5 Å². The fourth-order valence-electron chi connectivity index (χ4n) is 4.61. The summed E-state index contributed by atoms with van der Waals surface area (Å²) in [4.78, 5) is 14.9. The number of fused-ring (bicyclic) bond motifs is 1. The van der Waals surface area contributed by atoms with Crippen molar-refractivity contribution in [3.8, 4) is 0 Å². The lowest BCUT2D eigenvalue weighted by Gasteiger charge is -2.39. The molecule has 1 aromatic rings. The second kappa shape index (κ2) is 6.89. The molecule has 0 aromatic carbocycles. The van der Waals surface area contributed by atoms with Gasteiger partial charge in [0.15, 0.2) is 0 Å². The standard InChI is InChI=1S/C19H28N2O3/c1-20-10-4-7-16(20)19(22)21-11-12-23-18-15(21)8-9-17(18)24-13-14-5-2-3-6-14/h4,7,10,14-15,17-18H,2-3,5-6,8-9,11-13H2,1H3/t15-,17+,18+/m0/s1. The van der Waals surface area contributed by atoms with Gasteiger partial charge in [0, 0.05) is 26.4 Å². The minimum Gasteiger partial charge on any atom is -0.375 e. The third-order valence-electron chi connectivity index (χ3n) is 5.98. The second-order valence-corrected chi connectivity index (χ2v) is 7.51. The van der Waals surface area contributed by atoms with Crippen LogP contribution in [-0.4, -0.2) is 53.4 Å². The number of ether oxygens (including phenoxy) is 2. The minimum atomic E-state index is 0.0457. The number of morpholine rings is 1. The molecular formula is C19H28N2O3. The van der Waals surface area contributed by atoms with Gasteiger partial charge in [-0.1, -0.05) is 12.8 Å². The SMILES string of the molecule is Cn1cccc1C(=O)N1CCO[C@H]2[C@H](OCC3CCCC3)CC[C@@H]21. The molecule has 1 aliphatic heterocycles. The van der Waals surface area contributed by atoms with Crippen molar-refractivity contribution in [2.24, 2.45) is 13.0 Å². The molecule has 2 saturated carbocycles. The lowest BCUT2D eigenvalue weighted by molar-refractivity contribution is -0.109. The van der Waals surface area contributed by atoms with Crippen LogP contribution in [0.1, 0.15) is 49.0 Å². The Labute approximate surface area is 143 Å². The van der Waals surface area contributed by atoms with Crippen LogP contribution in [0.15, 0.2) is 18.3 Å². The molecule has 2 heterocycles. The summed E-state index contributed by atoms with van der Waals surface area (Å²) in [5, 5.41) is 0. The quantitative estimate of drug-likeness (QED) is 0.851. The number of amides is 1. The Balaban J connectivity index is 1.40. The van der Waals surface area contributed by atoms with E-state index in [0.717, 1.165) is 31.1 Å². The van der Waals surface area contributed by atoms with Crippen molar-refractivity contribution in [3.05, 3.63) is 24.0 Å². The molecule has 24 heavy (non-hydrogen) atoms. The van der Waals surface area contributed by atoms with E-state index in [0.29, 0.717) is 13.2 Å². The van der Waals surface area contributed by atoms with Crippen LogP contribution < -0.4 is 0 Å². The van der Waals surface area contributed by atoms with Gasteiger partial charge < -0.3 is 18.9 Å². The lowest BCUT2D eigenvalue weighted by atomic mass is 10.1. The van der Waals surface area contributed by atoms with Crippen LogP contribution in [0.5, 0.6) is 0 Å². The van der Waals surface area contributed by atoms with Gasteiger partial charge in [0.2, 0.25) is 0 Å². The first kappa shape index (κ1) is 16.2. The maximum atomic E-state index is 12.9. The van der Waals surface area contributed by atoms with Gasteiger partial charge in [0.25, 0.3) is 5.91 Å². The summed E-state index contributed by atoms with van der Waals surface area (Å²) in [6, 6.07) is 3.98. The Morgan fingerprint density at radius 1 is 1.29 bits per heavy atom. The van der Waals surface area contributed by atoms with Crippen molar-refractivity contribution < 1.29 is 14.3 Å². The highest BCUT2D eigenvalue weighted by atomic mass is 16.5. The summed E-state index contributed by atoms with van der Waals surface area (Å²) in [7, 11) is 1.92. The first-order chi connectivity index (χ1) is 11.7. The van der Waals surface area contributed by atoms with E-state index in [-0.39, 0.29) is 24.2 Å². The van der Waals surface area contributed by atoms with Crippen LogP contribution in [0.2, 0.25) is 0 Å². The summed E-state index contributed by atoms with van der Waals surface area (Å²) < 4.78 is 14.2. The number of aryl methyl sites for hydroxylation is 1. The van der Waals surface area contributed by atoms with Crippen molar-refractivity contribution >= 4 is 5.91 Å². The Bertz CT molecular complexity index is 579. The molecule has 3 aliphatic rings. The molecule has 132 valence electrons. The van der Waals surface area contributed by atoms with Crippen LogP contribution >= 0.6 is 0 Å². The van der Waals surface area contributed by atoms with Gasteiger partial charge in [-0.3, -0.25) is 4.79 Å². The van der Waals surface area contributed by atoms with Gasteiger partial charge in [-0.25, -0.2) is 0 Å². The lowest BCUT2D eigenvalue weighted by Crippen LogP contribution is -2.54. The Hall–Kier alpha value is -1.33. The van der Waals surface area contributed by atoms with Crippen LogP contribution in [0.3, 0.4) is 0 Å². The second-order valence-electron chi connectivity index (χ2n) is 7.51. The third-order valence-corrected chi connectivity index (χ3v) is 5.98. The summed E-state index contributed by atoms with van der Waals surface area (Å²) in [5.41, 5.74) is 0.756. The summed E-state index contributed by atoms with van der Waals surface area (Å²) >= 11 is 0. The number of nitrogens with zero attached hydrogens (tertiary/aromatic N) is 2. The molecule has 0 radical (unpaired) electrons. The molecule has 3 atom stereocenters. The van der Waals surface area contributed by atoms with E-state index in [9.17, 15) is 4.79 Å². The van der Waals surface area contributed by atoms with Gasteiger partial charge in [-0.05, 0) is 43.7 Å². The van der Waals surface area contributed by atoms with Gasteiger partial charge in [0.05, 0.1) is 18.8 Å². The molecule has 1 aromatic heterocycles. The molecule has 0 unspecified atom stereocenters. The fraction of sp³-hybridized carbons (Fsp3) is 0.737. The van der Waals surface area contributed by atoms with Gasteiger partial charge >= 0.3 is 0 Å². The summed E-state index contributed by atoms with van der Waals surface area (Å²) in [5.74, 6) is 0.853. The number of aromatic nitrogens is 1. The van der Waals surface area contributed by atoms with E-state index in [4.69, 9.17) is 9.47 Å². The van der Waals surface area contributed by atoms with E-state index in [1.54, 1.807) is 0 Å². The fourth-order valence-corrected chi connectivity index (χ4v) is 4.61. The third kappa shape index (κ3) is 3.00. The maximum Gasteiger partial charge on any atom is 0.270 e. The highest BCUT2D eigenvalue weighted by Gasteiger charge is 2.45. The van der Waals surface area contributed by atoms with Gasteiger partial charge in [-0.2, -0.15) is 0 Å². The predicted octanol–water partition coefficient (Wildman–Crippen LogP) is 2.60. The van der Waals surface area contributed by atoms with Crippen molar-refractivity contribution in [2.75, 3.05) is 19.8 Å². The molecule has 2 aliphatic carbocycles. The molecule has 0 spiro atoms. The van der Waals surface area contributed by atoms with E-state index in [2.05, 4.69) is 0 Å². The van der Waals surface area contributed by atoms with Crippen molar-refractivity contribution in [1.29, 1.82) is 0 Å². The smallest absolute Gasteiger partial charge is 0.270 e. The van der Waals surface area contributed by atoms with E-state index in [1.807, 2.05) is 34.8 Å². The van der Waals surface area contributed by atoms with E-state index in [1.165, 1.54) is 25.7 Å². The minimum absolute atomic E-state index is 0.0457. The Kier molecular flexibility index (Phi) is 4.63. The maximum absolute atomic E-state index is 12.9. The highest BCUT2D eigenvalue weighted by Crippen LogP contribution is 2.34. The Morgan fingerprint density at radius 2 is 2.12 bits per heavy atom. The van der Waals surface area contributed by atoms with E-state index < -0.39 is 0 Å². The molecule has 1 saturated heterocycles. The van der Waals surface area contributed by atoms with Crippen LogP contribution in [0.4, 0.5) is 0 Å². The zero-order valence-corrected chi connectivity index (χ0v) is 14.5. The molecule has 5 nitrogen and oxygen atoms in total. The largest absolute Gasteiger partial charge is 0.375 e. The summed E-state index contributed by atoms with van der Waals surface area (Å²) in [6.45, 7) is 2.16. The topological polar surface area (TPSA) is 43.7 Å². The van der Waals surface area contributed by atoms with Crippen LogP contribution in [0, 0.1) is 5.92 Å². The molecule has 4 rings (SSSR count). The normalized spacial score (nSPS) is 30.7. The van der Waals surface area contributed by atoms with Crippen molar-refractivity contribution in [1.82, 2.24) is 9.47 Å². The molecule has 0 N–H and O–H groups in total. The Morgan fingerprint density at radius 3 is 2.88 bits per heavy atom. The summed E-state index contributed by atoms with van der Waals surface area (Å²) in [6.07, 6.45) is 9.41. The predicted molar refractivity (Wildman–Crippen MR) is 90.9 cm³/mol. The zero-order chi connectivity index (χ0) is 16.5. The highest BCUT2D eigenvalue weighted by molar-refractivity contribution is 5.93. The first-order valence-electron chi connectivity index (χ1n) is 9.39. The number of carbonyl (C=O) groups excluding carboxylic acids is 1. The van der Waals surface area contributed by atoms with E-state index >= 15 is 0 Å². The number of carbonyl (C=O) groups is 1. The number of hydrogen-bond donors (Lipinski definition) is 0. The molecule has 1 amide bonds. The van der Waals surface area contributed by atoms with Crippen molar-refractivity contribution in [2.45, 2.75) is 56.8 Å². The average molecular weight is 332 g/mol. The zero-order valence-electron chi connectivity index (χ0n) is 14.5. The molecule has 0 bridgehead atoms. The molecular weight excluding hydrogens is 304 g/mol. The van der Waals surface area contributed by atoms with Gasteiger partial charge in [0.1, 0.15) is 11.8 Å². The molecule has 5 heteroatoms. The van der Waals surface area contributed by atoms with Gasteiger partial charge in [-0.15, -0.1) is 0 Å². The number of rotatable bonds is 4.